The molecule has 1 amide bonds. The minimum atomic E-state index is -0.291. The second kappa shape index (κ2) is 9.59. The van der Waals surface area contributed by atoms with Gasteiger partial charge in [0.25, 0.3) is 0 Å². The van der Waals surface area contributed by atoms with Crippen molar-refractivity contribution < 1.29 is 4.79 Å². The van der Waals surface area contributed by atoms with Crippen molar-refractivity contribution in [3.63, 3.8) is 0 Å². The number of nitrogens with zero attached hydrogens (tertiary/aromatic N) is 2. The Bertz CT molecular complexity index is 1580. The van der Waals surface area contributed by atoms with Crippen molar-refractivity contribution in [3.05, 3.63) is 106 Å². The molecule has 0 aliphatic heterocycles. The molecule has 2 heterocycles. The molecule has 5 heteroatoms. The highest BCUT2D eigenvalue weighted by molar-refractivity contribution is 5.92. The summed E-state index contributed by atoms with van der Waals surface area (Å²) < 4.78 is 2.26. The summed E-state index contributed by atoms with van der Waals surface area (Å²) in [5, 5.41) is 1.24. The highest BCUT2D eigenvalue weighted by atomic mass is 16.2. The Hall–Kier alpha value is -3.96. The van der Waals surface area contributed by atoms with Crippen molar-refractivity contribution in [3.8, 4) is 11.1 Å². The highest BCUT2D eigenvalue weighted by Gasteiger charge is 2.22. The monoisotopic (exact) mass is 476 g/mol. The number of rotatable bonds is 6. The van der Waals surface area contributed by atoms with Gasteiger partial charge in [0.05, 0.1) is 11.4 Å². The maximum Gasteiger partial charge on any atom is 0.241 e. The van der Waals surface area contributed by atoms with E-state index >= 15 is 0 Å². The maximum atomic E-state index is 12.5. The molecule has 0 radical (unpaired) electrons. The van der Waals surface area contributed by atoms with Gasteiger partial charge < -0.3 is 0 Å². The number of amides is 1. The molecule has 182 valence electrons. The number of carbonyl (C=O) groups is 1. The lowest BCUT2D eigenvalue weighted by Crippen LogP contribution is -2.34. The van der Waals surface area contributed by atoms with Crippen LogP contribution in [0.15, 0.2) is 72.8 Å². The van der Waals surface area contributed by atoms with Crippen LogP contribution in [-0.4, -0.2) is 15.3 Å². The molecule has 5 aromatic rings. The van der Waals surface area contributed by atoms with Gasteiger partial charge in [0.1, 0.15) is 5.65 Å². The molecular formula is C31H32N4O. The molecular weight excluding hydrogens is 444 g/mol. The Morgan fingerprint density at radius 1 is 1.00 bits per heavy atom. The summed E-state index contributed by atoms with van der Waals surface area (Å²) in [6.45, 7) is 8.30. The first-order valence-electron chi connectivity index (χ1n) is 12.5. The van der Waals surface area contributed by atoms with E-state index in [1.165, 1.54) is 27.7 Å². The van der Waals surface area contributed by atoms with E-state index in [0.29, 0.717) is 6.42 Å². The Morgan fingerprint density at radius 2 is 1.75 bits per heavy atom. The Labute approximate surface area is 212 Å². The standard InChI is InChI=1S/C31H32N4O/c1-5-24(31(36)34-32)26-11-8-9-19(2)29(26)23-15-13-22(14-16-23)18-27-25-10-6-7-12-28(25)35-21(4)17-20(3)33-30(27)35/h6-17,24H,5,18,32H2,1-4H3,(H,34,36). The van der Waals surface area contributed by atoms with Crippen LogP contribution in [0.5, 0.6) is 0 Å². The third kappa shape index (κ3) is 4.06. The quantitative estimate of drug-likeness (QED) is 0.175. The lowest BCUT2D eigenvalue weighted by atomic mass is 9.85. The zero-order valence-electron chi connectivity index (χ0n) is 21.3. The molecule has 2 aromatic heterocycles. The Kier molecular flexibility index (Phi) is 6.33. The summed E-state index contributed by atoms with van der Waals surface area (Å²) in [4.78, 5) is 17.4. The molecule has 36 heavy (non-hydrogen) atoms. The van der Waals surface area contributed by atoms with E-state index in [0.717, 1.165) is 40.0 Å². The summed E-state index contributed by atoms with van der Waals surface area (Å²) in [6, 6.07) is 25.5. The predicted molar refractivity (Wildman–Crippen MR) is 147 cm³/mol. The first-order valence-corrected chi connectivity index (χ1v) is 12.5. The summed E-state index contributed by atoms with van der Waals surface area (Å²) >= 11 is 0. The van der Waals surface area contributed by atoms with E-state index in [2.05, 4.69) is 91.3 Å². The molecule has 0 saturated carbocycles. The van der Waals surface area contributed by atoms with Gasteiger partial charge in [-0.05, 0) is 67.1 Å². The normalized spacial score (nSPS) is 12.2. The molecule has 1 unspecified atom stereocenters. The van der Waals surface area contributed by atoms with E-state index < -0.39 is 0 Å². The molecule has 0 fully saturated rings. The van der Waals surface area contributed by atoms with Crippen LogP contribution in [0, 0.1) is 20.8 Å². The number of carbonyl (C=O) groups excluding carboxylic acids is 1. The van der Waals surface area contributed by atoms with Crippen LogP contribution in [0.2, 0.25) is 0 Å². The number of hydrogen-bond donors (Lipinski definition) is 2. The van der Waals surface area contributed by atoms with Gasteiger partial charge in [-0.1, -0.05) is 67.6 Å². The number of aryl methyl sites for hydroxylation is 3. The van der Waals surface area contributed by atoms with Gasteiger partial charge in [0, 0.05) is 28.8 Å². The van der Waals surface area contributed by atoms with Crippen LogP contribution in [0.25, 0.3) is 27.7 Å². The van der Waals surface area contributed by atoms with E-state index in [4.69, 9.17) is 10.8 Å². The molecule has 0 aliphatic carbocycles. The fourth-order valence-electron chi connectivity index (χ4n) is 5.52. The first kappa shape index (κ1) is 23.8. The van der Waals surface area contributed by atoms with Crippen LogP contribution in [0.3, 0.4) is 0 Å². The van der Waals surface area contributed by atoms with E-state index in [-0.39, 0.29) is 11.8 Å². The SMILES string of the molecule is CCC(C(=O)NN)c1cccc(C)c1-c1ccc(Cc2c3ccccc3n3c(C)cc(C)nc23)cc1. The number of nitrogens with two attached hydrogens (primary N) is 1. The molecule has 5 rings (SSSR count). The summed E-state index contributed by atoms with van der Waals surface area (Å²) in [5.74, 6) is 5.04. The molecule has 5 nitrogen and oxygen atoms in total. The first-order chi connectivity index (χ1) is 17.4. The highest BCUT2D eigenvalue weighted by Crippen LogP contribution is 2.35. The second-order valence-electron chi connectivity index (χ2n) is 9.58. The van der Waals surface area contributed by atoms with Crippen molar-refractivity contribution in [2.75, 3.05) is 0 Å². The molecule has 3 N–H and O–H groups in total. The van der Waals surface area contributed by atoms with Gasteiger partial charge in [0.2, 0.25) is 5.91 Å². The van der Waals surface area contributed by atoms with Crippen molar-refractivity contribution in [2.24, 2.45) is 5.84 Å². The number of hydrazine groups is 1. The third-order valence-corrected chi connectivity index (χ3v) is 7.18. The minimum absolute atomic E-state index is 0.161. The molecule has 0 aliphatic rings. The number of nitrogens with one attached hydrogen (secondary N) is 1. The van der Waals surface area contributed by atoms with E-state index in [1.54, 1.807) is 0 Å². The molecule has 0 saturated heterocycles. The minimum Gasteiger partial charge on any atom is -0.298 e. The molecule has 3 aromatic carbocycles. The van der Waals surface area contributed by atoms with Crippen LogP contribution < -0.4 is 11.3 Å². The lowest BCUT2D eigenvalue weighted by molar-refractivity contribution is -0.122. The number of benzene rings is 3. The molecule has 0 bridgehead atoms. The van der Waals surface area contributed by atoms with Crippen molar-refractivity contribution in [1.29, 1.82) is 0 Å². The largest absolute Gasteiger partial charge is 0.298 e. The smallest absolute Gasteiger partial charge is 0.241 e. The zero-order valence-corrected chi connectivity index (χ0v) is 21.3. The average Bonchev–Trinajstić information content (AvgIpc) is 3.18. The van der Waals surface area contributed by atoms with Crippen molar-refractivity contribution >= 4 is 22.5 Å². The van der Waals surface area contributed by atoms with Gasteiger partial charge in [0.15, 0.2) is 0 Å². The number of fused-ring (bicyclic) bond motifs is 3. The van der Waals surface area contributed by atoms with Gasteiger partial charge in [-0.15, -0.1) is 0 Å². The molecule has 1 atom stereocenters. The Balaban J connectivity index is 1.57. The number of para-hydroxylation sites is 1. The fourth-order valence-corrected chi connectivity index (χ4v) is 5.52. The summed E-state index contributed by atoms with van der Waals surface area (Å²) in [5.41, 5.74) is 13.6. The summed E-state index contributed by atoms with van der Waals surface area (Å²) in [6.07, 6.45) is 1.47. The van der Waals surface area contributed by atoms with Gasteiger partial charge in [-0.2, -0.15) is 0 Å². The van der Waals surface area contributed by atoms with Crippen LogP contribution in [0.4, 0.5) is 0 Å². The Morgan fingerprint density at radius 3 is 2.47 bits per heavy atom. The van der Waals surface area contributed by atoms with Crippen LogP contribution in [0.1, 0.15) is 52.9 Å². The second-order valence-corrected chi connectivity index (χ2v) is 9.58. The van der Waals surface area contributed by atoms with Crippen molar-refractivity contribution in [2.45, 2.75) is 46.5 Å². The third-order valence-electron chi connectivity index (χ3n) is 7.18. The zero-order chi connectivity index (χ0) is 25.4. The number of hydrogen-bond acceptors (Lipinski definition) is 3. The number of aromatic nitrogens is 2. The summed E-state index contributed by atoms with van der Waals surface area (Å²) in [7, 11) is 0. The van der Waals surface area contributed by atoms with Crippen LogP contribution in [-0.2, 0) is 11.2 Å². The van der Waals surface area contributed by atoms with E-state index in [9.17, 15) is 4.79 Å². The average molecular weight is 477 g/mol. The molecule has 0 spiro atoms. The van der Waals surface area contributed by atoms with Gasteiger partial charge in [-0.3, -0.25) is 14.6 Å². The van der Waals surface area contributed by atoms with E-state index in [1.807, 2.05) is 19.1 Å². The van der Waals surface area contributed by atoms with Gasteiger partial charge >= 0.3 is 0 Å². The lowest BCUT2D eigenvalue weighted by Gasteiger charge is -2.20. The maximum absolute atomic E-state index is 12.5. The van der Waals surface area contributed by atoms with Gasteiger partial charge in [-0.25, -0.2) is 10.8 Å². The fraction of sp³-hybridized carbons (Fsp3) is 0.226. The predicted octanol–water partition coefficient (Wildman–Crippen LogP) is 6.15. The van der Waals surface area contributed by atoms with Crippen molar-refractivity contribution in [1.82, 2.24) is 14.8 Å². The van der Waals surface area contributed by atoms with Crippen LogP contribution >= 0.6 is 0 Å². The topological polar surface area (TPSA) is 72.4 Å².